The third kappa shape index (κ3) is 5.66. The van der Waals surface area contributed by atoms with Gasteiger partial charge in [0.25, 0.3) is 0 Å². The molecule has 7 nitrogen and oxygen atoms in total. The first-order valence-electron chi connectivity index (χ1n) is 8.84. The van der Waals surface area contributed by atoms with Crippen LogP contribution in [0.5, 0.6) is 5.75 Å². The van der Waals surface area contributed by atoms with E-state index in [1.807, 2.05) is 37.4 Å². The molecule has 1 heterocycles. The van der Waals surface area contributed by atoms with Crippen molar-refractivity contribution in [2.75, 3.05) is 45.4 Å². The first-order valence-corrected chi connectivity index (χ1v) is 9.66. The molecule has 0 spiro atoms. The molecule has 0 aliphatic rings. The number of carboxylic acids is 1. The maximum Gasteiger partial charge on any atom is 0.329 e. The van der Waals surface area contributed by atoms with Gasteiger partial charge in [-0.05, 0) is 42.5 Å². The van der Waals surface area contributed by atoms with E-state index in [4.69, 9.17) is 24.3 Å². The fraction of sp³-hybridized carbons (Fsp3) is 0.300. The number of aliphatic carboxylic acids is 1. The monoisotopic (exact) mass is 402 g/mol. The lowest BCUT2D eigenvalue weighted by molar-refractivity contribution is -0.142. The Morgan fingerprint density at radius 3 is 2.57 bits per heavy atom. The predicted molar refractivity (Wildman–Crippen MR) is 109 cm³/mol. The van der Waals surface area contributed by atoms with Crippen molar-refractivity contribution in [3.63, 3.8) is 0 Å². The van der Waals surface area contributed by atoms with E-state index in [0.29, 0.717) is 19.8 Å². The minimum atomic E-state index is -0.986. The largest absolute Gasteiger partial charge is 0.491 e. The number of nitrogens with one attached hydrogen (secondary N) is 1. The Morgan fingerprint density at radius 1 is 1.07 bits per heavy atom. The molecule has 0 aliphatic heterocycles. The SMILES string of the molecule is CNc1ccc(-c2nc3ccc(OCCOCCOCC(=O)O)cc3s2)cc1. The maximum absolute atomic E-state index is 10.3. The third-order valence-electron chi connectivity index (χ3n) is 3.87. The van der Waals surface area contributed by atoms with Crippen molar-refractivity contribution in [2.45, 2.75) is 0 Å². The number of hydrogen-bond donors (Lipinski definition) is 2. The van der Waals surface area contributed by atoms with Gasteiger partial charge in [0, 0.05) is 18.3 Å². The number of carboxylic acid groups (broad SMARTS) is 1. The second-order valence-corrected chi connectivity index (χ2v) is 6.91. The maximum atomic E-state index is 10.3. The lowest BCUT2D eigenvalue weighted by Gasteiger charge is -2.07. The number of benzene rings is 2. The summed E-state index contributed by atoms with van der Waals surface area (Å²) < 4.78 is 17.0. The smallest absolute Gasteiger partial charge is 0.329 e. The molecular weight excluding hydrogens is 380 g/mol. The van der Waals surface area contributed by atoms with Crippen LogP contribution in [-0.2, 0) is 14.3 Å². The molecule has 0 aliphatic carbocycles. The lowest BCUT2D eigenvalue weighted by Crippen LogP contribution is -2.13. The standard InChI is InChI=1S/C20H22N2O5S/c1-21-15-4-2-14(3-5-15)20-22-17-7-6-16(12-18(17)28-20)27-11-10-25-8-9-26-13-19(23)24/h2-7,12,21H,8-11,13H2,1H3,(H,23,24). The van der Waals surface area contributed by atoms with Crippen LogP contribution in [0.2, 0.25) is 0 Å². The summed E-state index contributed by atoms with van der Waals surface area (Å²) >= 11 is 1.63. The Kier molecular flexibility index (Phi) is 7.18. The molecule has 0 saturated heterocycles. The van der Waals surface area contributed by atoms with E-state index in [2.05, 4.69) is 17.4 Å². The van der Waals surface area contributed by atoms with Crippen LogP contribution in [0, 0.1) is 0 Å². The highest BCUT2D eigenvalue weighted by Gasteiger charge is 2.08. The van der Waals surface area contributed by atoms with Gasteiger partial charge in [0.2, 0.25) is 0 Å². The number of thiazole rings is 1. The molecule has 148 valence electrons. The predicted octanol–water partition coefficient (Wildman–Crippen LogP) is 3.50. The number of rotatable bonds is 11. The molecule has 2 aromatic carbocycles. The van der Waals surface area contributed by atoms with Crippen molar-refractivity contribution in [3.8, 4) is 16.3 Å². The van der Waals surface area contributed by atoms with E-state index in [-0.39, 0.29) is 13.2 Å². The number of aromatic nitrogens is 1. The lowest BCUT2D eigenvalue weighted by atomic mass is 10.2. The molecule has 0 radical (unpaired) electrons. The van der Waals surface area contributed by atoms with E-state index >= 15 is 0 Å². The third-order valence-corrected chi connectivity index (χ3v) is 4.94. The summed E-state index contributed by atoms with van der Waals surface area (Å²) in [6, 6.07) is 14.0. The van der Waals surface area contributed by atoms with Crippen molar-refractivity contribution in [3.05, 3.63) is 42.5 Å². The quantitative estimate of drug-likeness (QED) is 0.475. The Bertz CT molecular complexity index is 911. The number of anilines is 1. The van der Waals surface area contributed by atoms with Crippen LogP contribution in [0.4, 0.5) is 5.69 Å². The van der Waals surface area contributed by atoms with Gasteiger partial charge in [-0.1, -0.05) is 0 Å². The minimum absolute atomic E-state index is 0.247. The van der Waals surface area contributed by atoms with Crippen LogP contribution in [0.1, 0.15) is 0 Å². The summed E-state index contributed by atoms with van der Waals surface area (Å²) in [4.78, 5) is 15.0. The second-order valence-electron chi connectivity index (χ2n) is 5.88. The zero-order valence-corrected chi connectivity index (χ0v) is 16.3. The van der Waals surface area contributed by atoms with Gasteiger partial charge in [0.15, 0.2) is 0 Å². The second kappa shape index (κ2) is 10.0. The van der Waals surface area contributed by atoms with Crippen molar-refractivity contribution < 1.29 is 24.1 Å². The summed E-state index contributed by atoms with van der Waals surface area (Å²) in [5, 5.41) is 12.5. The number of hydrogen-bond acceptors (Lipinski definition) is 7. The molecule has 0 fully saturated rings. The van der Waals surface area contributed by atoms with Crippen LogP contribution in [0.15, 0.2) is 42.5 Å². The number of carbonyl (C=O) groups is 1. The highest BCUT2D eigenvalue weighted by molar-refractivity contribution is 7.21. The Balaban J connectivity index is 1.49. The van der Waals surface area contributed by atoms with Crippen molar-refractivity contribution in [1.29, 1.82) is 0 Å². The van der Waals surface area contributed by atoms with Gasteiger partial charge in [0.1, 0.15) is 24.0 Å². The summed E-state index contributed by atoms with van der Waals surface area (Å²) in [5.41, 5.74) is 3.09. The van der Waals surface area contributed by atoms with Crippen LogP contribution in [0.25, 0.3) is 20.8 Å². The van der Waals surface area contributed by atoms with Gasteiger partial charge in [0.05, 0.1) is 30.0 Å². The topological polar surface area (TPSA) is 89.9 Å². The summed E-state index contributed by atoms with van der Waals surface area (Å²) in [7, 11) is 1.90. The van der Waals surface area contributed by atoms with Gasteiger partial charge >= 0.3 is 5.97 Å². The van der Waals surface area contributed by atoms with Crippen LogP contribution in [-0.4, -0.2) is 56.1 Å². The van der Waals surface area contributed by atoms with E-state index in [1.54, 1.807) is 11.3 Å². The molecule has 3 rings (SSSR count). The number of ether oxygens (including phenoxy) is 3. The van der Waals surface area contributed by atoms with Gasteiger partial charge in [-0.3, -0.25) is 0 Å². The van der Waals surface area contributed by atoms with E-state index in [1.165, 1.54) is 0 Å². The Labute approximate surface area is 166 Å². The highest BCUT2D eigenvalue weighted by Crippen LogP contribution is 2.32. The van der Waals surface area contributed by atoms with Gasteiger partial charge in [-0.25, -0.2) is 9.78 Å². The average molecular weight is 402 g/mol. The van der Waals surface area contributed by atoms with Gasteiger partial charge in [-0.15, -0.1) is 11.3 Å². The molecule has 1 aromatic heterocycles. The fourth-order valence-corrected chi connectivity index (χ4v) is 3.50. The van der Waals surface area contributed by atoms with Crippen molar-refractivity contribution >= 4 is 33.2 Å². The molecule has 2 N–H and O–H groups in total. The summed E-state index contributed by atoms with van der Waals surface area (Å²) in [6.07, 6.45) is 0. The number of nitrogens with zero attached hydrogens (tertiary/aromatic N) is 1. The number of fused-ring (bicyclic) bond motifs is 1. The molecule has 0 unspecified atom stereocenters. The zero-order valence-electron chi connectivity index (χ0n) is 15.5. The molecule has 3 aromatic rings. The van der Waals surface area contributed by atoms with E-state index in [0.717, 1.165) is 32.2 Å². The first kappa shape index (κ1) is 20.1. The fourth-order valence-electron chi connectivity index (χ4n) is 2.50. The van der Waals surface area contributed by atoms with Gasteiger partial charge < -0.3 is 24.6 Å². The minimum Gasteiger partial charge on any atom is -0.491 e. The summed E-state index contributed by atoms with van der Waals surface area (Å²) in [6.45, 7) is 1.08. The first-order chi connectivity index (χ1) is 13.7. The Hall–Kier alpha value is -2.68. The molecule has 8 heteroatoms. The summed E-state index contributed by atoms with van der Waals surface area (Å²) in [5.74, 6) is -0.223. The normalized spacial score (nSPS) is 10.9. The molecule has 0 amide bonds. The zero-order chi connectivity index (χ0) is 19.8. The van der Waals surface area contributed by atoms with E-state index < -0.39 is 5.97 Å². The van der Waals surface area contributed by atoms with Crippen molar-refractivity contribution in [1.82, 2.24) is 4.98 Å². The van der Waals surface area contributed by atoms with Crippen molar-refractivity contribution in [2.24, 2.45) is 0 Å². The Morgan fingerprint density at radius 2 is 1.82 bits per heavy atom. The molecule has 0 atom stereocenters. The van der Waals surface area contributed by atoms with Crippen LogP contribution in [0.3, 0.4) is 0 Å². The van der Waals surface area contributed by atoms with E-state index in [9.17, 15) is 4.79 Å². The molecule has 0 saturated carbocycles. The molecular formula is C20H22N2O5S. The molecule has 0 bridgehead atoms. The average Bonchev–Trinajstić information content (AvgIpc) is 3.13. The van der Waals surface area contributed by atoms with Gasteiger partial charge in [-0.2, -0.15) is 0 Å². The molecule has 28 heavy (non-hydrogen) atoms. The van der Waals surface area contributed by atoms with Crippen LogP contribution >= 0.6 is 11.3 Å². The van der Waals surface area contributed by atoms with Crippen LogP contribution < -0.4 is 10.1 Å². The highest BCUT2D eigenvalue weighted by atomic mass is 32.1.